The second-order valence-electron chi connectivity index (χ2n) is 4.28. The summed E-state index contributed by atoms with van der Waals surface area (Å²) in [6, 6.07) is 8.46. The maximum absolute atomic E-state index is 12.9. The number of benzene rings is 2. The molecular formula is C14H10BrClF3NO. The molecule has 0 saturated carbocycles. The van der Waals surface area contributed by atoms with E-state index in [9.17, 15) is 13.2 Å². The van der Waals surface area contributed by atoms with Gasteiger partial charge in [-0.3, -0.25) is 0 Å². The molecule has 2 nitrogen and oxygen atoms in total. The zero-order chi connectivity index (χ0) is 15.6. The summed E-state index contributed by atoms with van der Waals surface area (Å²) in [6.45, 7) is -0.0703. The van der Waals surface area contributed by atoms with E-state index >= 15 is 0 Å². The Morgan fingerprint density at radius 1 is 1.14 bits per heavy atom. The van der Waals surface area contributed by atoms with Crippen molar-refractivity contribution in [1.29, 1.82) is 0 Å². The van der Waals surface area contributed by atoms with Gasteiger partial charge in [-0.15, -0.1) is 0 Å². The van der Waals surface area contributed by atoms with Crippen LogP contribution >= 0.6 is 27.5 Å². The average Bonchev–Trinajstić information content (AvgIpc) is 2.38. The highest BCUT2D eigenvalue weighted by atomic mass is 79.9. The van der Waals surface area contributed by atoms with Gasteiger partial charge < -0.3 is 10.5 Å². The molecule has 0 aliphatic rings. The third-order valence-corrected chi connectivity index (χ3v) is 3.55. The van der Waals surface area contributed by atoms with E-state index in [4.69, 9.17) is 22.1 Å². The predicted molar refractivity (Wildman–Crippen MR) is 79.3 cm³/mol. The van der Waals surface area contributed by atoms with E-state index in [2.05, 4.69) is 15.9 Å². The zero-order valence-corrected chi connectivity index (χ0v) is 12.9. The fourth-order valence-electron chi connectivity index (χ4n) is 1.69. The summed E-state index contributed by atoms with van der Waals surface area (Å²) in [5.74, 6) is -0.282. The molecule has 2 N–H and O–H groups in total. The van der Waals surface area contributed by atoms with Gasteiger partial charge in [0.1, 0.15) is 12.4 Å². The third kappa shape index (κ3) is 4.04. The number of nitrogens with two attached hydrogens (primary N) is 1. The zero-order valence-electron chi connectivity index (χ0n) is 10.5. The fraction of sp³-hybridized carbons (Fsp3) is 0.143. The first-order valence-corrected chi connectivity index (χ1v) is 6.98. The van der Waals surface area contributed by atoms with Gasteiger partial charge >= 0.3 is 6.18 Å². The summed E-state index contributed by atoms with van der Waals surface area (Å²) in [4.78, 5) is 0. The SMILES string of the molecule is Nc1ccc(OCc2ccc(Br)cc2Cl)c(C(F)(F)F)c1. The van der Waals surface area contributed by atoms with E-state index in [1.807, 2.05) is 0 Å². The van der Waals surface area contributed by atoms with Crippen LogP contribution in [-0.2, 0) is 12.8 Å². The molecule has 2 rings (SSSR count). The molecule has 0 aromatic heterocycles. The molecule has 0 radical (unpaired) electrons. The molecule has 0 saturated heterocycles. The first-order valence-electron chi connectivity index (χ1n) is 5.81. The van der Waals surface area contributed by atoms with Crippen molar-refractivity contribution in [2.45, 2.75) is 12.8 Å². The van der Waals surface area contributed by atoms with E-state index in [0.29, 0.717) is 10.6 Å². The maximum Gasteiger partial charge on any atom is 0.420 e. The molecule has 0 amide bonds. The molecule has 0 atom stereocenters. The predicted octanol–water partition coefficient (Wildman–Crippen LogP) is 5.28. The first kappa shape index (κ1) is 16.0. The smallest absolute Gasteiger partial charge is 0.420 e. The molecule has 0 spiro atoms. The highest BCUT2D eigenvalue weighted by Crippen LogP contribution is 2.38. The van der Waals surface area contributed by atoms with E-state index in [0.717, 1.165) is 10.5 Å². The van der Waals surface area contributed by atoms with Crippen LogP contribution in [0.5, 0.6) is 5.75 Å². The van der Waals surface area contributed by atoms with Crippen molar-refractivity contribution >= 4 is 33.2 Å². The molecule has 21 heavy (non-hydrogen) atoms. The van der Waals surface area contributed by atoms with Crippen molar-refractivity contribution in [1.82, 2.24) is 0 Å². The Morgan fingerprint density at radius 3 is 2.48 bits per heavy atom. The molecular weight excluding hydrogens is 371 g/mol. The second kappa shape index (κ2) is 6.15. The molecule has 2 aromatic carbocycles. The highest BCUT2D eigenvalue weighted by Gasteiger charge is 2.34. The van der Waals surface area contributed by atoms with Crippen LogP contribution in [0.3, 0.4) is 0 Å². The Labute approximate surface area is 132 Å². The Bertz CT molecular complexity index is 661. The van der Waals surface area contributed by atoms with Crippen LogP contribution in [0.25, 0.3) is 0 Å². The van der Waals surface area contributed by atoms with Gasteiger partial charge in [0.05, 0.1) is 5.56 Å². The maximum atomic E-state index is 12.9. The van der Waals surface area contributed by atoms with Crippen molar-refractivity contribution in [3.8, 4) is 5.75 Å². The Balaban J connectivity index is 2.24. The molecule has 0 unspecified atom stereocenters. The Kier molecular flexibility index (Phi) is 4.68. The minimum atomic E-state index is -4.53. The summed E-state index contributed by atoms with van der Waals surface area (Å²) in [5.41, 5.74) is 5.10. The van der Waals surface area contributed by atoms with Crippen LogP contribution in [0.2, 0.25) is 5.02 Å². The molecule has 112 valence electrons. The summed E-state index contributed by atoms with van der Waals surface area (Å²) >= 11 is 9.25. The number of hydrogen-bond donors (Lipinski definition) is 1. The van der Waals surface area contributed by atoms with Crippen LogP contribution in [0.1, 0.15) is 11.1 Å². The lowest BCUT2D eigenvalue weighted by atomic mass is 10.1. The van der Waals surface area contributed by atoms with Gasteiger partial charge in [0.25, 0.3) is 0 Å². The van der Waals surface area contributed by atoms with Crippen molar-refractivity contribution in [2.75, 3.05) is 5.73 Å². The summed E-state index contributed by atoms with van der Waals surface area (Å²) in [6.07, 6.45) is -4.53. The van der Waals surface area contributed by atoms with Gasteiger partial charge in [-0.25, -0.2) is 0 Å². The third-order valence-electron chi connectivity index (χ3n) is 2.71. The first-order chi connectivity index (χ1) is 9.77. The van der Waals surface area contributed by atoms with Crippen molar-refractivity contribution in [2.24, 2.45) is 0 Å². The minimum absolute atomic E-state index is 0.0244. The number of rotatable bonds is 3. The number of hydrogen-bond acceptors (Lipinski definition) is 2. The van der Waals surface area contributed by atoms with Crippen LogP contribution < -0.4 is 10.5 Å². The van der Waals surface area contributed by atoms with Crippen molar-refractivity contribution in [3.05, 3.63) is 57.0 Å². The lowest BCUT2D eigenvalue weighted by molar-refractivity contribution is -0.139. The van der Waals surface area contributed by atoms with Crippen LogP contribution in [0, 0.1) is 0 Å². The quantitative estimate of drug-likeness (QED) is 0.735. The fourth-order valence-corrected chi connectivity index (χ4v) is 2.42. The minimum Gasteiger partial charge on any atom is -0.488 e. The molecule has 0 bridgehead atoms. The van der Waals surface area contributed by atoms with Crippen LogP contribution in [0.15, 0.2) is 40.9 Å². The normalized spacial score (nSPS) is 11.5. The van der Waals surface area contributed by atoms with Crippen molar-refractivity contribution < 1.29 is 17.9 Å². The van der Waals surface area contributed by atoms with E-state index in [1.165, 1.54) is 12.1 Å². The van der Waals surface area contributed by atoms with Gasteiger partial charge in [-0.05, 0) is 30.3 Å². The summed E-state index contributed by atoms with van der Waals surface area (Å²) in [5, 5.41) is 0.411. The average molecular weight is 381 g/mol. The molecule has 0 aliphatic heterocycles. The van der Waals surface area contributed by atoms with Gasteiger partial charge in [-0.1, -0.05) is 33.6 Å². The van der Waals surface area contributed by atoms with Crippen LogP contribution in [0.4, 0.5) is 18.9 Å². The van der Waals surface area contributed by atoms with Gasteiger partial charge in [-0.2, -0.15) is 13.2 Å². The number of halogens is 5. The van der Waals surface area contributed by atoms with Gasteiger partial charge in [0, 0.05) is 20.7 Å². The van der Waals surface area contributed by atoms with Crippen LogP contribution in [-0.4, -0.2) is 0 Å². The topological polar surface area (TPSA) is 35.2 Å². The van der Waals surface area contributed by atoms with Gasteiger partial charge in [0.2, 0.25) is 0 Å². The van der Waals surface area contributed by atoms with E-state index < -0.39 is 11.7 Å². The monoisotopic (exact) mass is 379 g/mol. The number of anilines is 1. The second-order valence-corrected chi connectivity index (χ2v) is 5.60. The van der Waals surface area contributed by atoms with E-state index in [-0.39, 0.29) is 18.0 Å². The number of ether oxygens (including phenoxy) is 1. The lowest BCUT2D eigenvalue weighted by Gasteiger charge is -2.15. The summed E-state index contributed by atoms with van der Waals surface area (Å²) < 4.78 is 44.8. The molecule has 7 heteroatoms. The number of nitrogen functional groups attached to an aromatic ring is 1. The van der Waals surface area contributed by atoms with Gasteiger partial charge in [0.15, 0.2) is 0 Å². The standard InChI is InChI=1S/C14H10BrClF3NO/c15-9-2-1-8(12(16)5-9)7-21-13-4-3-10(20)6-11(13)14(17,18)19/h1-6H,7,20H2. The molecule has 0 fully saturated rings. The highest BCUT2D eigenvalue weighted by molar-refractivity contribution is 9.10. The lowest BCUT2D eigenvalue weighted by Crippen LogP contribution is -2.09. The van der Waals surface area contributed by atoms with Crippen molar-refractivity contribution in [3.63, 3.8) is 0 Å². The summed E-state index contributed by atoms with van der Waals surface area (Å²) in [7, 11) is 0. The molecule has 0 heterocycles. The largest absolute Gasteiger partial charge is 0.488 e. The molecule has 2 aromatic rings. The Hall–Kier alpha value is -1.40. The Morgan fingerprint density at radius 2 is 1.86 bits per heavy atom. The molecule has 0 aliphatic carbocycles. The number of alkyl halides is 3. The van der Waals surface area contributed by atoms with E-state index in [1.54, 1.807) is 18.2 Å².